The summed E-state index contributed by atoms with van der Waals surface area (Å²) in [6, 6.07) is 2.14. The van der Waals surface area contributed by atoms with E-state index in [-0.39, 0.29) is 4.47 Å². The zero-order valence-electron chi connectivity index (χ0n) is 9.23. The fourth-order valence-corrected chi connectivity index (χ4v) is 2.10. The zero-order chi connectivity index (χ0) is 12.8. The maximum absolute atomic E-state index is 13.4. The smallest absolute Gasteiger partial charge is 0.257 e. The highest BCUT2D eigenvalue weighted by molar-refractivity contribution is 9.10. The summed E-state index contributed by atoms with van der Waals surface area (Å²) in [4.78, 5) is 11.5. The molecule has 0 saturated carbocycles. The third kappa shape index (κ3) is 4.27. The number of benzene rings is 1. The van der Waals surface area contributed by atoms with Crippen molar-refractivity contribution in [3.63, 3.8) is 0 Å². The van der Waals surface area contributed by atoms with Crippen LogP contribution in [0, 0.1) is 11.6 Å². The molecule has 94 valence electrons. The van der Waals surface area contributed by atoms with Gasteiger partial charge in [-0.15, -0.1) is 0 Å². The molecule has 0 radical (unpaired) electrons. The van der Waals surface area contributed by atoms with Crippen LogP contribution >= 0.6 is 27.7 Å². The van der Waals surface area contributed by atoms with Crippen LogP contribution < -0.4 is 5.32 Å². The number of thioether (sulfide) groups is 1. The molecule has 0 aliphatic heterocycles. The molecule has 0 fully saturated rings. The summed E-state index contributed by atoms with van der Waals surface area (Å²) in [5.74, 6) is -1.54. The zero-order valence-corrected chi connectivity index (χ0v) is 11.6. The molecule has 1 rings (SSSR count). The molecule has 1 N–H and O–H groups in total. The topological polar surface area (TPSA) is 29.1 Å². The lowest BCUT2D eigenvalue weighted by Crippen LogP contribution is -2.26. The second-order valence-electron chi connectivity index (χ2n) is 3.35. The molecule has 0 aliphatic carbocycles. The van der Waals surface area contributed by atoms with Gasteiger partial charge in [0.2, 0.25) is 0 Å². The molecule has 0 unspecified atom stereocenters. The van der Waals surface area contributed by atoms with Gasteiger partial charge < -0.3 is 5.32 Å². The predicted molar refractivity (Wildman–Crippen MR) is 69.4 cm³/mol. The molecule has 0 aromatic heterocycles. The number of hydrogen-bond acceptors (Lipinski definition) is 2. The summed E-state index contributed by atoms with van der Waals surface area (Å²) >= 11 is 4.61. The van der Waals surface area contributed by atoms with Crippen LogP contribution in [0.4, 0.5) is 8.78 Å². The van der Waals surface area contributed by atoms with Gasteiger partial charge in [0, 0.05) is 11.0 Å². The number of carbonyl (C=O) groups excluding carboxylic acids is 1. The van der Waals surface area contributed by atoms with Crippen LogP contribution in [0.1, 0.15) is 16.8 Å². The van der Waals surface area contributed by atoms with E-state index in [1.54, 1.807) is 11.8 Å². The largest absolute Gasteiger partial charge is 0.352 e. The van der Waals surface area contributed by atoms with Gasteiger partial charge in [-0.1, -0.05) is 15.9 Å². The van der Waals surface area contributed by atoms with Gasteiger partial charge in [-0.25, -0.2) is 8.78 Å². The van der Waals surface area contributed by atoms with Crippen LogP contribution in [0.3, 0.4) is 0 Å². The molecule has 17 heavy (non-hydrogen) atoms. The van der Waals surface area contributed by atoms with Gasteiger partial charge >= 0.3 is 0 Å². The lowest BCUT2D eigenvalue weighted by Gasteiger charge is -2.07. The maximum atomic E-state index is 13.4. The number of nitrogens with one attached hydrogen (secondary N) is 1. The molecule has 0 aliphatic rings. The quantitative estimate of drug-likeness (QED) is 0.843. The Kier molecular flexibility index (Phi) is 5.91. The number of rotatable bonds is 5. The van der Waals surface area contributed by atoms with Gasteiger partial charge in [0.25, 0.3) is 5.91 Å². The molecular formula is C11H12BrF2NOS. The molecule has 0 spiro atoms. The molecular weight excluding hydrogens is 312 g/mol. The molecule has 0 saturated heterocycles. The number of carbonyl (C=O) groups is 1. The van der Waals surface area contributed by atoms with E-state index in [9.17, 15) is 13.6 Å². The average molecular weight is 324 g/mol. The van der Waals surface area contributed by atoms with E-state index in [0.717, 1.165) is 24.3 Å². The highest BCUT2D eigenvalue weighted by Gasteiger charge is 2.17. The van der Waals surface area contributed by atoms with Gasteiger partial charge in [0.05, 0.1) is 0 Å². The van der Waals surface area contributed by atoms with Crippen molar-refractivity contribution in [2.45, 2.75) is 6.42 Å². The van der Waals surface area contributed by atoms with Crippen molar-refractivity contribution in [1.82, 2.24) is 5.32 Å². The van der Waals surface area contributed by atoms with Gasteiger partial charge in [-0.3, -0.25) is 4.79 Å². The Balaban J connectivity index is 2.69. The number of hydrogen-bond donors (Lipinski definition) is 1. The van der Waals surface area contributed by atoms with E-state index in [0.29, 0.717) is 6.54 Å². The number of amides is 1. The first-order valence-electron chi connectivity index (χ1n) is 4.98. The van der Waals surface area contributed by atoms with Crippen molar-refractivity contribution >= 4 is 33.6 Å². The highest BCUT2D eigenvalue weighted by atomic mass is 79.9. The van der Waals surface area contributed by atoms with E-state index in [2.05, 4.69) is 21.2 Å². The third-order valence-corrected chi connectivity index (χ3v) is 3.20. The van der Waals surface area contributed by atoms with Gasteiger partial charge in [0.15, 0.2) is 0 Å². The summed E-state index contributed by atoms with van der Waals surface area (Å²) in [6.07, 6.45) is 2.72. The molecule has 0 atom stereocenters. The molecule has 1 aromatic carbocycles. The van der Waals surface area contributed by atoms with Crippen molar-refractivity contribution in [1.29, 1.82) is 0 Å². The Labute approximate surface area is 111 Å². The van der Waals surface area contributed by atoms with E-state index in [4.69, 9.17) is 0 Å². The van der Waals surface area contributed by atoms with Crippen LogP contribution in [-0.4, -0.2) is 24.5 Å². The molecule has 0 heterocycles. The molecule has 1 amide bonds. The summed E-state index contributed by atoms with van der Waals surface area (Å²) in [5, 5.41) is 2.49. The van der Waals surface area contributed by atoms with Crippen molar-refractivity contribution in [3.8, 4) is 0 Å². The Morgan fingerprint density at radius 2 is 2.00 bits per heavy atom. The van der Waals surface area contributed by atoms with Crippen LogP contribution in [0.15, 0.2) is 16.6 Å². The van der Waals surface area contributed by atoms with Gasteiger partial charge in [0.1, 0.15) is 17.2 Å². The van der Waals surface area contributed by atoms with Crippen LogP contribution in [0.5, 0.6) is 0 Å². The lowest BCUT2D eigenvalue weighted by molar-refractivity contribution is 0.0945. The highest BCUT2D eigenvalue weighted by Crippen LogP contribution is 2.19. The first-order valence-corrected chi connectivity index (χ1v) is 7.16. The van der Waals surface area contributed by atoms with Gasteiger partial charge in [-0.05, 0) is 30.6 Å². The van der Waals surface area contributed by atoms with Crippen molar-refractivity contribution in [2.24, 2.45) is 0 Å². The standard InChI is InChI=1S/C11H12BrF2NOS/c1-17-4-2-3-15-11(16)10-8(13)5-7(12)6-9(10)14/h5-6H,2-4H2,1H3,(H,15,16). The van der Waals surface area contributed by atoms with E-state index < -0.39 is 23.1 Å². The van der Waals surface area contributed by atoms with Crippen LogP contribution in [-0.2, 0) is 0 Å². The van der Waals surface area contributed by atoms with Crippen LogP contribution in [0.25, 0.3) is 0 Å². The first-order chi connectivity index (χ1) is 8.06. The average Bonchev–Trinajstić information content (AvgIpc) is 2.23. The fraction of sp³-hybridized carbons (Fsp3) is 0.364. The molecule has 1 aromatic rings. The molecule has 6 heteroatoms. The van der Waals surface area contributed by atoms with E-state index in [1.807, 2.05) is 6.26 Å². The third-order valence-electron chi connectivity index (χ3n) is 2.04. The summed E-state index contributed by atoms with van der Waals surface area (Å²) in [5.41, 5.74) is -0.530. The van der Waals surface area contributed by atoms with Crippen molar-refractivity contribution in [3.05, 3.63) is 33.8 Å². The van der Waals surface area contributed by atoms with Crippen molar-refractivity contribution in [2.75, 3.05) is 18.6 Å². The summed E-state index contributed by atoms with van der Waals surface area (Å²) in [7, 11) is 0. The normalized spacial score (nSPS) is 10.4. The second kappa shape index (κ2) is 6.96. The summed E-state index contributed by atoms with van der Waals surface area (Å²) in [6.45, 7) is 0.411. The minimum atomic E-state index is -0.862. The fourth-order valence-electron chi connectivity index (χ4n) is 1.27. The van der Waals surface area contributed by atoms with Crippen molar-refractivity contribution < 1.29 is 13.6 Å². The molecule has 0 bridgehead atoms. The lowest BCUT2D eigenvalue weighted by atomic mass is 10.2. The van der Waals surface area contributed by atoms with E-state index in [1.165, 1.54) is 0 Å². The SMILES string of the molecule is CSCCCNC(=O)c1c(F)cc(Br)cc1F. The predicted octanol–water partition coefficient (Wildman–Crippen LogP) is 3.21. The Morgan fingerprint density at radius 3 is 2.53 bits per heavy atom. The first kappa shape index (κ1) is 14.4. The molecule has 2 nitrogen and oxygen atoms in total. The Morgan fingerprint density at radius 1 is 1.41 bits per heavy atom. The minimum Gasteiger partial charge on any atom is -0.352 e. The minimum absolute atomic E-state index is 0.270. The monoisotopic (exact) mass is 323 g/mol. The van der Waals surface area contributed by atoms with Gasteiger partial charge in [-0.2, -0.15) is 11.8 Å². The van der Waals surface area contributed by atoms with Crippen LogP contribution in [0.2, 0.25) is 0 Å². The Hall–Kier alpha value is -0.620. The maximum Gasteiger partial charge on any atom is 0.257 e. The summed E-state index contributed by atoms with van der Waals surface area (Å²) < 4.78 is 27.1. The van der Waals surface area contributed by atoms with E-state index >= 15 is 0 Å². The Bertz CT molecular complexity index is 391. The number of halogens is 3. The second-order valence-corrected chi connectivity index (χ2v) is 5.25.